The molecule has 0 unspecified atom stereocenters. The molecule has 0 aromatic heterocycles. The molecular formula is C14H20O4S. The smallest absolute Gasteiger partial charge is 0.306 e. The van der Waals surface area contributed by atoms with Gasteiger partial charge in [0.15, 0.2) is 0 Å². The molecular weight excluding hydrogens is 264 g/mol. The summed E-state index contributed by atoms with van der Waals surface area (Å²) >= 11 is 1.30. The van der Waals surface area contributed by atoms with Crippen molar-refractivity contribution in [1.29, 1.82) is 0 Å². The third kappa shape index (κ3) is 7.20. The number of benzene rings is 1. The van der Waals surface area contributed by atoms with E-state index in [9.17, 15) is 4.79 Å². The maximum absolute atomic E-state index is 10.6. The SMILES string of the molecule is Cc1ccc(SOCCOC(C)(C)CC(=O)O)cc1. The van der Waals surface area contributed by atoms with E-state index in [1.165, 1.54) is 17.6 Å². The predicted molar refractivity (Wildman–Crippen MR) is 75.3 cm³/mol. The molecule has 0 aliphatic rings. The van der Waals surface area contributed by atoms with Gasteiger partial charge in [0, 0.05) is 16.9 Å². The van der Waals surface area contributed by atoms with Crippen molar-refractivity contribution in [3.63, 3.8) is 0 Å². The van der Waals surface area contributed by atoms with Crippen molar-refractivity contribution in [1.82, 2.24) is 0 Å². The molecule has 0 amide bonds. The maximum atomic E-state index is 10.6. The molecule has 5 heteroatoms. The van der Waals surface area contributed by atoms with Gasteiger partial charge in [-0.15, -0.1) is 0 Å². The molecule has 0 saturated heterocycles. The van der Waals surface area contributed by atoms with E-state index in [2.05, 4.69) is 0 Å². The molecule has 1 aromatic carbocycles. The van der Waals surface area contributed by atoms with E-state index in [1.807, 2.05) is 31.2 Å². The van der Waals surface area contributed by atoms with Gasteiger partial charge in [-0.3, -0.25) is 4.79 Å². The van der Waals surface area contributed by atoms with Crippen LogP contribution in [0.15, 0.2) is 29.2 Å². The van der Waals surface area contributed by atoms with Crippen LogP contribution in [0.3, 0.4) is 0 Å². The Morgan fingerprint density at radius 2 is 1.89 bits per heavy atom. The van der Waals surface area contributed by atoms with Crippen molar-refractivity contribution in [2.24, 2.45) is 0 Å². The molecule has 0 spiro atoms. The number of aryl methyl sites for hydroxylation is 1. The second-order valence-corrected chi connectivity index (χ2v) is 5.77. The van der Waals surface area contributed by atoms with Gasteiger partial charge >= 0.3 is 5.97 Å². The fraction of sp³-hybridized carbons (Fsp3) is 0.500. The molecule has 0 aliphatic carbocycles. The second kappa shape index (κ2) is 7.53. The molecule has 0 heterocycles. The summed E-state index contributed by atoms with van der Waals surface area (Å²) in [4.78, 5) is 11.6. The van der Waals surface area contributed by atoms with Crippen LogP contribution >= 0.6 is 12.0 Å². The van der Waals surface area contributed by atoms with E-state index < -0.39 is 11.6 Å². The first kappa shape index (κ1) is 16.0. The highest BCUT2D eigenvalue weighted by Crippen LogP contribution is 2.20. The van der Waals surface area contributed by atoms with Crippen LogP contribution in [0.2, 0.25) is 0 Å². The van der Waals surface area contributed by atoms with Gasteiger partial charge in [-0.2, -0.15) is 0 Å². The summed E-state index contributed by atoms with van der Waals surface area (Å²) in [5.74, 6) is -0.861. The van der Waals surface area contributed by atoms with E-state index in [4.69, 9.17) is 14.0 Å². The lowest BCUT2D eigenvalue weighted by atomic mass is 10.1. The third-order valence-corrected chi connectivity index (χ3v) is 3.16. The number of hydrogen-bond donors (Lipinski definition) is 1. The highest BCUT2D eigenvalue weighted by molar-refractivity contribution is 7.94. The van der Waals surface area contributed by atoms with Crippen LogP contribution in [-0.2, 0) is 13.7 Å². The second-order valence-electron chi connectivity index (χ2n) is 4.90. The number of aliphatic carboxylic acids is 1. The van der Waals surface area contributed by atoms with Crippen molar-refractivity contribution in [2.45, 2.75) is 37.7 Å². The van der Waals surface area contributed by atoms with Crippen LogP contribution in [0.4, 0.5) is 0 Å². The van der Waals surface area contributed by atoms with Crippen molar-refractivity contribution >= 4 is 18.0 Å². The highest BCUT2D eigenvalue weighted by Gasteiger charge is 2.22. The Morgan fingerprint density at radius 1 is 1.26 bits per heavy atom. The largest absolute Gasteiger partial charge is 0.481 e. The molecule has 0 fully saturated rings. The van der Waals surface area contributed by atoms with Crippen molar-refractivity contribution in [3.05, 3.63) is 29.8 Å². The van der Waals surface area contributed by atoms with Crippen molar-refractivity contribution in [2.75, 3.05) is 13.2 Å². The standard InChI is InChI=1S/C14H20O4S/c1-11-4-6-12(7-5-11)19-18-9-8-17-14(2,3)10-13(15)16/h4-7H,8-10H2,1-3H3,(H,15,16). The summed E-state index contributed by atoms with van der Waals surface area (Å²) in [6, 6.07) is 8.04. The lowest BCUT2D eigenvalue weighted by Crippen LogP contribution is -2.29. The number of carboxylic acids is 1. The first-order chi connectivity index (χ1) is 8.89. The minimum absolute atomic E-state index is 0.0158. The Balaban J connectivity index is 2.17. The summed E-state index contributed by atoms with van der Waals surface area (Å²) in [7, 11) is 0. The van der Waals surface area contributed by atoms with E-state index in [1.54, 1.807) is 13.8 Å². The first-order valence-corrected chi connectivity index (χ1v) is 6.85. The normalized spacial score (nSPS) is 11.5. The number of rotatable bonds is 8. The average Bonchev–Trinajstić information content (AvgIpc) is 2.29. The molecule has 0 aliphatic heterocycles. The van der Waals surface area contributed by atoms with Gasteiger partial charge in [0.1, 0.15) is 0 Å². The zero-order valence-electron chi connectivity index (χ0n) is 11.5. The van der Waals surface area contributed by atoms with Crippen LogP contribution in [0.25, 0.3) is 0 Å². The molecule has 1 N–H and O–H groups in total. The molecule has 1 rings (SSSR count). The summed E-state index contributed by atoms with van der Waals surface area (Å²) in [6.45, 7) is 6.34. The van der Waals surface area contributed by atoms with Gasteiger partial charge in [0.2, 0.25) is 0 Å². The number of ether oxygens (including phenoxy) is 1. The molecule has 0 atom stereocenters. The Kier molecular flexibility index (Phi) is 6.34. The Labute approximate surface area is 118 Å². The lowest BCUT2D eigenvalue weighted by Gasteiger charge is -2.22. The Hall–Kier alpha value is -1.04. The molecule has 0 saturated carbocycles. The molecule has 0 radical (unpaired) electrons. The molecule has 19 heavy (non-hydrogen) atoms. The van der Waals surface area contributed by atoms with Crippen molar-refractivity contribution in [3.8, 4) is 0 Å². The van der Waals surface area contributed by atoms with Gasteiger partial charge in [0.05, 0.1) is 25.2 Å². The third-order valence-electron chi connectivity index (χ3n) is 2.41. The number of hydrogen-bond acceptors (Lipinski definition) is 4. The van der Waals surface area contributed by atoms with Gasteiger partial charge < -0.3 is 14.0 Å². The zero-order valence-corrected chi connectivity index (χ0v) is 12.3. The molecule has 4 nitrogen and oxygen atoms in total. The predicted octanol–water partition coefficient (Wildman–Crippen LogP) is 3.29. The van der Waals surface area contributed by atoms with Gasteiger partial charge in [-0.05, 0) is 32.9 Å². The minimum Gasteiger partial charge on any atom is -0.481 e. The van der Waals surface area contributed by atoms with Crippen LogP contribution in [0, 0.1) is 6.92 Å². The quantitative estimate of drug-likeness (QED) is 0.586. The van der Waals surface area contributed by atoms with E-state index >= 15 is 0 Å². The summed E-state index contributed by atoms with van der Waals surface area (Å²) in [5, 5.41) is 8.71. The lowest BCUT2D eigenvalue weighted by molar-refractivity contribution is -0.144. The van der Waals surface area contributed by atoms with Crippen LogP contribution in [-0.4, -0.2) is 29.9 Å². The molecule has 106 valence electrons. The van der Waals surface area contributed by atoms with E-state index in [0.29, 0.717) is 13.2 Å². The summed E-state index contributed by atoms with van der Waals surface area (Å²) < 4.78 is 10.9. The summed E-state index contributed by atoms with van der Waals surface area (Å²) in [5.41, 5.74) is 0.548. The fourth-order valence-corrected chi connectivity index (χ4v) is 2.01. The highest BCUT2D eigenvalue weighted by atomic mass is 32.2. The maximum Gasteiger partial charge on any atom is 0.306 e. The van der Waals surface area contributed by atoms with Gasteiger partial charge in [-0.1, -0.05) is 17.7 Å². The minimum atomic E-state index is -0.861. The number of carbonyl (C=O) groups is 1. The topological polar surface area (TPSA) is 55.8 Å². The van der Waals surface area contributed by atoms with Crippen LogP contribution in [0.5, 0.6) is 0 Å². The van der Waals surface area contributed by atoms with E-state index in [0.717, 1.165) is 4.90 Å². The van der Waals surface area contributed by atoms with Crippen LogP contribution < -0.4 is 0 Å². The fourth-order valence-electron chi connectivity index (χ4n) is 1.47. The van der Waals surface area contributed by atoms with Gasteiger partial charge in [0.25, 0.3) is 0 Å². The Bertz CT molecular complexity index is 400. The summed E-state index contributed by atoms with van der Waals surface area (Å²) in [6.07, 6.45) is -0.0158. The average molecular weight is 284 g/mol. The number of carboxylic acid groups (broad SMARTS) is 1. The monoisotopic (exact) mass is 284 g/mol. The van der Waals surface area contributed by atoms with Gasteiger partial charge in [-0.25, -0.2) is 0 Å². The molecule has 1 aromatic rings. The van der Waals surface area contributed by atoms with Crippen LogP contribution in [0.1, 0.15) is 25.8 Å². The zero-order chi connectivity index (χ0) is 14.3. The molecule has 0 bridgehead atoms. The first-order valence-electron chi connectivity index (χ1n) is 6.11. The van der Waals surface area contributed by atoms with E-state index in [-0.39, 0.29) is 6.42 Å². The Morgan fingerprint density at radius 3 is 2.47 bits per heavy atom. The van der Waals surface area contributed by atoms with Crippen molar-refractivity contribution < 1.29 is 18.8 Å².